The number of hydrogen-bond acceptors (Lipinski definition) is 2. The molecule has 0 rings (SSSR count). The van der Waals surface area contributed by atoms with Gasteiger partial charge in [-0.3, -0.25) is 0 Å². The van der Waals surface area contributed by atoms with Crippen molar-refractivity contribution in [1.82, 2.24) is 0 Å². The van der Waals surface area contributed by atoms with Gasteiger partial charge >= 0.3 is 0 Å². The van der Waals surface area contributed by atoms with E-state index in [4.69, 9.17) is 4.53 Å². The molecule has 0 aliphatic carbocycles. The van der Waals surface area contributed by atoms with E-state index < -0.39 is 8.32 Å². The Kier molecular flexibility index (Phi) is 2.75. The lowest BCUT2D eigenvalue weighted by Gasteiger charge is -2.11. The Morgan fingerprint density at radius 3 is 2.00 bits per heavy atom. The molecule has 3 heteroatoms. The van der Waals surface area contributed by atoms with Crippen LogP contribution in [-0.4, -0.2) is 14.5 Å². The van der Waals surface area contributed by atoms with Crippen LogP contribution in [0.4, 0.5) is 0 Å². The fourth-order valence-corrected chi connectivity index (χ4v) is 0.632. The molecule has 0 atom stereocenters. The molecule has 0 spiro atoms. The predicted molar refractivity (Wildman–Crippen MR) is 38.6 cm³/mol. The minimum Gasteiger partial charge on any atom is -0.456 e. The second-order valence-electron chi connectivity index (χ2n) is 2.57. The first kappa shape index (κ1) is 7.69. The van der Waals surface area contributed by atoms with Gasteiger partial charge < -0.3 is 4.53 Å². The molecular weight excluding hydrogens is 118 g/mol. The molecule has 0 aromatic heterocycles. The van der Waals surface area contributed by atoms with E-state index in [0.717, 1.165) is 0 Å². The van der Waals surface area contributed by atoms with Crippen molar-refractivity contribution in [3.63, 3.8) is 0 Å². The van der Waals surface area contributed by atoms with Crippen LogP contribution in [0.25, 0.3) is 0 Å². The highest BCUT2D eigenvalue weighted by Crippen LogP contribution is 2.01. The number of rotatable bonds is 2. The summed E-state index contributed by atoms with van der Waals surface area (Å²) in [6.07, 6.45) is 1.66. The zero-order chi connectivity index (χ0) is 6.62. The van der Waals surface area contributed by atoms with Crippen molar-refractivity contribution < 1.29 is 4.53 Å². The van der Waals surface area contributed by atoms with Crippen LogP contribution in [0.3, 0.4) is 0 Å². The summed E-state index contributed by atoms with van der Waals surface area (Å²) in [7, 11) is -1.38. The van der Waals surface area contributed by atoms with E-state index in [1.54, 1.807) is 6.21 Å². The van der Waals surface area contributed by atoms with Crippen LogP contribution < -0.4 is 0 Å². The molecule has 48 valence electrons. The average Bonchev–Trinajstić information content (AvgIpc) is 1.59. The van der Waals surface area contributed by atoms with Gasteiger partial charge in [-0.2, -0.15) is 0 Å². The van der Waals surface area contributed by atoms with Gasteiger partial charge in [-0.15, -0.1) is 5.16 Å². The quantitative estimate of drug-likeness (QED) is 0.318. The SMILES string of the molecule is C/C=N\O[Si](C)(C)C. The maximum atomic E-state index is 5.09. The number of hydrogen-bond donors (Lipinski definition) is 0. The Hall–Kier alpha value is -0.313. The van der Waals surface area contributed by atoms with Crippen LogP contribution in [-0.2, 0) is 4.53 Å². The predicted octanol–water partition coefficient (Wildman–Crippen LogP) is 1.84. The summed E-state index contributed by atoms with van der Waals surface area (Å²) in [6, 6.07) is 0. The molecule has 0 aliphatic rings. The molecule has 8 heavy (non-hydrogen) atoms. The second kappa shape index (κ2) is 2.87. The van der Waals surface area contributed by atoms with Crippen LogP contribution in [0.15, 0.2) is 5.16 Å². The van der Waals surface area contributed by atoms with Crippen LogP contribution in [0, 0.1) is 0 Å². The Morgan fingerprint density at radius 2 is 1.88 bits per heavy atom. The molecule has 0 radical (unpaired) electrons. The maximum absolute atomic E-state index is 5.09. The fraction of sp³-hybridized carbons (Fsp3) is 0.800. The molecule has 0 heterocycles. The van der Waals surface area contributed by atoms with E-state index in [2.05, 4.69) is 24.8 Å². The van der Waals surface area contributed by atoms with Gasteiger partial charge in [0.05, 0.1) is 0 Å². The van der Waals surface area contributed by atoms with Gasteiger partial charge in [0.2, 0.25) is 0 Å². The molecule has 0 saturated heterocycles. The van der Waals surface area contributed by atoms with Gasteiger partial charge in [0.1, 0.15) is 0 Å². The van der Waals surface area contributed by atoms with Crippen molar-refractivity contribution in [2.75, 3.05) is 0 Å². The molecule has 0 aromatic carbocycles. The normalized spacial score (nSPS) is 12.5. The van der Waals surface area contributed by atoms with Crippen molar-refractivity contribution in [3.05, 3.63) is 0 Å². The third kappa shape index (κ3) is 5.69. The molecule has 0 aromatic rings. The smallest absolute Gasteiger partial charge is 0.278 e. The standard InChI is InChI=1S/C5H13NOSi/c1-5-6-7-8(2,3)4/h5H,1-4H3/b6-5-. The van der Waals surface area contributed by atoms with Gasteiger partial charge in [0.15, 0.2) is 0 Å². The average molecular weight is 131 g/mol. The summed E-state index contributed by atoms with van der Waals surface area (Å²) in [6.45, 7) is 8.14. The molecule has 0 fully saturated rings. The van der Waals surface area contributed by atoms with Gasteiger partial charge in [-0.25, -0.2) is 0 Å². The Balaban J connectivity index is 3.39. The Labute approximate surface area is 51.7 Å². The molecule has 0 N–H and O–H groups in total. The summed E-state index contributed by atoms with van der Waals surface area (Å²) in [5, 5.41) is 3.68. The summed E-state index contributed by atoms with van der Waals surface area (Å²) >= 11 is 0. The van der Waals surface area contributed by atoms with E-state index >= 15 is 0 Å². The van der Waals surface area contributed by atoms with Crippen molar-refractivity contribution in [3.8, 4) is 0 Å². The zero-order valence-corrected chi connectivity index (χ0v) is 6.93. The van der Waals surface area contributed by atoms with Crippen molar-refractivity contribution >= 4 is 14.5 Å². The van der Waals surface area contributed by atoms with Gasteiger partial charge in [-0.05, 0) is 26.6 Å². The monoisotopic (exact) mass is 131 g/mol. The topological polar surface area (TPSA) is 21.6 Å². The minimum atomic E-state index is -1.38. The van der Waals surface area contributed by atoms with E-state index in [-0.39, 0.29) is 0 Å². The molecule has 0 unspecified atom stereocenters. The fourth-order valence-electron chi connectivity index (χ4n) is 0.211. The highest BCUT2D eigenvalue weighted by atomic mass is 28.4. The van der Waals surface area contributed by atoms with Crippen molar-refractivity contribution in [2.45, 2.75) is 26.6 Å². The van der Waals surface area contributed by atoms with Gasteiger partial charge in [-0.1, -0.05) is 0 Å². The highest BCUT2D eigenvalue weighted by molar-refractivity contribution is 6.69. The third-order valence-corrected chi connectivity index (χ3v) is 1.09. The van der Waals surface area contributed by atoms with Gasteiger partial charge in [0, 0.05) is 6.21 Å². The molecule has 2 nitrogen and oxygen atoms in total. The zero-order valence-electron chi connectivity index (χ0n) is 5.93. The lowest BCUT2D eigenvalue weighted by Crippen LogP contribution is -2.21. The van der Waals surface area contributed by atoms with E-state index in [1.165, 1.54) is 0 Å². The summed E-state index contributed by atoms with van der Waals surface area (Å²) in [5.41, 5.74) is 0. The number of oxime groups is 1. The maximum Gasteiger partial charge on any atom is 0.278 e. The van der Waals surface area contributed by atoms with Crippen LogP contribution in [0.1, 0.15) is 6.92 Å². The summed E-state index contributed by atoms with van der Waals surface area (Å²) in [5.74, 6) is 0. The molecule has 0 amide bonds. The number of nitrogens with zero attached hydrogens (tertiary/aromatic N) is 1. The molecular formula is C5H13NOSi. The van der Waals surface area contributed by atoms with Crippen molar-refractivity contribution in [2.24, 2.45) is 5.16 Å². The largest absolute Gasteiger partial charge is 0.456 e. The first-order chi connectivity index (χ1) is 3.56. The second-order valence-corrected chi connectivity index (χ2v) is 6.97. The van der Waals surface area contributed by atoms with E-state index in [0.29, 0.717) is 0 Å². The van der Waals surface area contributed by atoms with E-state index in [1.807, 2.05) is 6.92 Å². The van der Waals surface area contributed by atoms with E-state index in [9.17, 15) is 0 Å². The van der Waals surface area contributed by atoms with Crippen LogP contribution >= 0.6 is 0 Å². The van der Waals surface area contributed by atoms with Crippen LogP contribution in [0.2, 0.25) is 19.6 Å². The lowest BCUT2D eigenvalue weighted by atomic mass is 10.9. The molecule has 0 saturated carbocycles. The highest BCUT2D eigenvalue weighted by Gasteiger charge is 2.14. The lowest BCUT2D eigenvalue weighted by molar-refractivity contribution is 0.337. The Morgan fingerprint density at radius 1 is 1.38 bits per heavy atom. The van der Waals surface area contributed by atoms with Crippen molar-refractivity contribution in [1.29, 1.82) is 0 Å². The van der Waals surface area contributed by atoms with Gasteiger partial charge in [0.25, 0.3) is 8.32 Å². The molecule has 0 bridgehead atoms. The first-order valence-electron chi connectivity index (χ1n) is 2.72. The minimum absolute atomic E-state index is 1.38. The summed E-state index contributed by atoms with van der Waals surface area (Å²) < 4.78 is 5.09. The summed E-state index contributed by atoms with van der Waals surface area (Å²) in [4.78, 5) is 0. The first-order valence-corrected chi connectivity index (χ1v) is 6.13. The third-order valence-electron chi connectivity index (χ3n) is 0.432. The molecule has 0 aliphatic heterocycles. The van der Waals surface area contributed by atoms with Crippen LogP contribution in [0.5, 0.6) is 0 Å². The Bertz CT molecular complexity index is 84.9.